The monoisotopic (exact) mass is 530 g/mol. The van der Waals surface area contributed by atoms with Gasteiger partial charge in [0, 0.05) is 58.3 Å². The zero-order chi connectivity index (χ0) is 26.3. The highest BCUT2D eigenvalue weighted by atomic mass is 16.5. The molecule has 12 heteroatoms. The first-order valence-electron chi connectivity index (χ1n) is 13.9. The number of piperazine rings is 1. The number of fused-ring (bicyclic) bond motifs is 2. The van der Waals surface area contributed by atoms with Gasteiger partial charge in [-0.15, -0.1) is 0 Å². The fourth-order valence-corrected chi connectivity index (χ4v) is 5.97. The second-order valence-corrected chi connectivity index (χ2v) is 10.6. The summed E-state index contributed by atoms with van der Waals surface area (Å²) in [5, 5.41) is 3.26. The number of H-pyrrole nitrogens is 1. The van der Waals surface area contributed by atoms with Gasteiger partial charge in [0.1, 0.15) is 23.5 Å². The van der Waals surface area contributed by atoms with Gasteiger partial charge < -0.3 is 24.7 Å². The number of hydrogen-bond donors (Lipinski definition) is 2. The molecule has 3 fully saturated rings. The van der Waals surface area contributed by atoms with Gasteiger partial charge in [-0.1, -0.05) is 19.1 Å². The zero-order valence-corrected chi connectivity index (χ0v) is 22.2. The minimum atomic E-state index is -0.0598. The maximum Gasteiger partial charge on any atom is 0.239 e. The Morgan fingerprint density at radius 1 is 1.05 bits per heavy atom. The summed E-state index contributed by atoms with van der Waals surface area (Å²) in [5.74, 6) is 3.27. The molecule has 3 aliphatic rings. The molecule has 1 aromatic carbocycles. The molecule has 12 nitrogen and oxygen atoms in total. The lowest BCUT2D eigenvalue weighted by molar-refractivity contribution is -0.111. The number of imidazole rings is 2. The molecule has 0 saturated carbocycles. The van der Waals surface area contributed by atoms with Gasteiger partial charge in [0.15, 0.2) is 11.5 Å². The summed E-state index contributed by atoms with van der Waals surface area (Å²) in [7, 11) is 0. The molecule has 3 aliphatic heterocycles. The molecule has 39 heavy (non-hydrogen) atoms. The van der Waals surface area contributed by atoms with Gasteiger partial charge in [0.25, 0.3) is 0 Å². The van der Waals surface area contributed by atoms with Gasteiger partial charge in [-0.3, -0.25) is 14.4 Å². The highest BCUT2D eigenvalue weighted by Crippen LogP contribution is 2.28. The van der Waals surface area contributed by atoms with Crippen molar-refractivity contribution in [3.63, 3.8) is 0 Å². The predicted molar refractivity (Wildman–Crippen MR) is 147 cm³/mol. The van der Waals surface area contributed by atoms with Crippen LogP contribution in [0.3, 0.4) is 0 Å². The van der Waals surface area contributed by atoms with Crippen LogP contribution >= 0.6 is 0 Å². The summed E-state index contributed by atoms with van der Waals surface area (Å²) >= 11 is 0. The van der Waals surface area contributed by atoms with E-state index in [9.17, 15) is 4.79 Å². The minimum Gasteiger partial charge on any atom is -0.378 e. The number of aromatic amines is 1. The fraction of sp³-hybridized carbons (Fsp3) is 0.519. The molecule has 0 aliphatic carbocycles. The summed E-state index contributed by atoms with van der Waals surface area (Å²) in [6, 6.07) is 8.54. The van der Waals surface area contributed by atoms with Gasteiger partial charge in [0.05, 0.1) is 36.8 Å². The van der Waals surface area contributed by atoms with E-state index in [4.69, 9.17) is 24.7 Å². The lowest BCUT2D eigenvalue weighted by atomic mass is 10.0. The van der Waals surface area contributed by atoms with E-state index < -0.39 is 0 Å². The van der Waals surface area contributed by atoms with E-state index in [1.165, 1.54) is 0 Å². The molecule has 0 bridgehead atoms. The van der Waals surface area contributed by atoms with E-state index in [2.05, 4.69) is 42.6 Å². The number of carbonyl (C=O) groups is 1. The van der Waals surface area contributed by atoms with Crippen LogP contribution in [-0.2, 0) is 22.5 Å². The van der Waals surface area contributed by atoms with Crippen LogP contribution in [0, 0.1) is 0 Å². The maximum atomic E-state index is 11.2. The smallest absolute Gasteiger partial charge is 0.239 e. The topological polar surface area (TPSA) is 120 Å². The first-order valence-corrected chi connectivity index (χ1v) is 13.9. The van der Waals surface area contributed by atoms with Crippen molar-refractivity contribution in [2.45, 2.75) is 32.0 Å². The SMILES string of the molecule is CCc1nc2ccccc2n1-c1nc(N2CCOCC2)c2[nH]c(CN3CC(N4CCNC(C=O)C4)C3)nc2n1. The van der Waals surface area contributed by atoms with E-state index in [-0.39, 0.29) is 6.04 Å². The quantitative estimate of drug-likeness (QED) is 0.331. The van der Waals surface area contributed by atoms with Gasteiger partial charge in [0.2, 0.25) is 5.95 Å². The summed E-state index contributed by atoms with van der Waals surface area (Å²) in [5.41, 5.74) is 3.47. The summed E-state index contributed by atoms with van der Waals surface area (Å²) < 4.78 is 7.69. The number of anilines is 1. The summed E-state index contributed by atoms with van der Waals surface area (Å²) in [4.78, 5) is 41.7. The number of aromatic nitrogens is 6. The van der Waals surface area contributed by atoms with Gasteiger partial charge >= 0.3 is 0 Å². The number of aryl methyl sites for hydroxylation is 1. The number of para-hydroxylation sites is 2. The van der Waals surface area contributed by atoms with Crippen LogP contribution in [0.2, 0.25) is 0 Å². The van der Waals surface area contributed by atoms with E-state index in [0.717, 1.165) is 99.1 Å². The average Bonchev–Trinajstić information content (AvgIpc) is 3.55. The molecule has 204 valence electrons. The second kappa shape index (κ2) is 10.3. The van der Waals surface area contributed by atoms with Crippen LogP contribution < -0.4 is 10.2 Å². The highest BCUT2D eigenvalue weighted by molar-refractivity contribution is 5.85. The van der Waals surface area contributed by atoms with Crippen molar-refractivity contribution in [2.24, 2.45) is 0 Å². The Morgan fingerprint density at radius 3 is 2.72 bits per heavy atom. The van der Waals surface area contributed by atoms with E-state index in [0.29, 0.717) is 30.9 Å². The van der Waals surface area contributed by atoms with Crippen LogP contribution in [0.5, 0.6) is 0 Å². The first-order chi connectivity index (χ1) is 19.2. The van der Waals surface area contributed by atoms with E-state index in [1.54, 1.807) is 0 Å². The van der Waals surface area contributed by atoms with Crippen LogP contribution in [0.1, 0.15) is 18.6 Å². The molecule has 4 aromatic rings. The number of ether oxygens (including phenoxy) is 1. The summed E-state index contributed by atoms with van der Waals surface area (Å²) in [6.07, 6.45) is 1.79. The van der Waals surface area contributed by atoms with Crippen molar-refractivity contribution in [1.29, 1.82) is 0 Å². The molecule has 0 spiro atoms. The Bertz CT molecular complexity index is 1490. The number of benzene rings is 1. The van der Waals surface area contributed by atoms with Crippen LogP contribution in [-0.4, -0.2) is 117 Å². The highest BCUT2D eigenvalue weighted by Gasteiger charge is 2.35. The Hall–Kier alpha value is -3.45. The number of aldehydes is 1. The third-order valence-corrected chi connectivity index (χ3v) is 8.05. The maximum absolute atomic E-state index is 11.2. The Balaban J connectivity index is 1.19. The molecular weight excluding hydrogens is 496 g/mol. The first kappa shape index (κ1) is 24.6. The fourth-order valence-electron chi connectivity index (χ4n) is 5.97. The number of carbonyl (C=O) groups excluding carboxylic acids is 1. The zero-order valence-electron chi connectivity index (χ0n) is 22.2. The predicted octanol–water partition coefficient (Wildman–Crippen LogP) is 0.748. The third kappa shape index (κ3) is 4.56. The van der Waals surface area contributed by atoms with Gasteiger partial charge in [-0.05, 0) is 12.1 Å². The van der Waals surface area contributed by atoms with Crippen molar-refractivity contribution in [1.82, 2.24) is 44.6 Å². The molecule has 3 saturated heterocycles. The molecular formula is C27H34N10O2. The number of hydrogen-bond acceptors (Lipinski definition) is 10. The lowest BCUT2D eigenvalue weighted by Crippen LogP contribution is -2.64. The van der Waals surface area contributed by atoms with Crippen molar-refractivity contribution >= 4 is 34.3 Å². The molecule has 1 unspecified atom stereocenters. The Kier molecular flexibility index (Phi) is 6.47. The van der Waals surface area contributed by atoms with Crippen LogP contribution in [0.4, 0.5) is 5.82 Å². The number of nitrogens with zero attached hydrogens (tertiary/aromatic N) is 8. The molecule has 6 heterocycles. The van der Waals surface area contributed by atoms with Gasteiger partial charge in [-0.2, -0.15) is 9.97 Å². The van der Waals surface area contributed by atoms with Gasteiger partial charge in [-0.25, -0.2) is 9.97 Å². The molecule has 0 radical (unpaired) electrons. The van der Waals surface area contributed by atoms with Crippen molar-refractivity contribution < 1.29 is 9.53 Å². The van der Waals surface area contributed by atoms with E-state index >= 15 is 0 Å². The van der Waals surface area contributed by atoms with Crippen LogP contribution in [0.25, 0.3) is 28.1 Å². The van der Waals surface area contributed by atoms with Crippen LogP contribution in [0.15, 0.2) is 24.3 Å². The lowest BCUT2D eigenvalue weighted by Gasteiger charge is -2.47. The van der Waals surface area contributed by atoms with E-state index in [1.807, 2.05) is 18.2 Å². The Morgan fingerprint density at radius 2 is 1.90 bits per heavy atom. The number of morpholine rings is 1. The average molecular weight is 531 g/mol. The molecule has 2 N–H and O–H groups in total. The molecule has 1 atom stereocenters. The van der Waals surface area contributed by atoms with Crippen molar-refractivity contribution in [2.75, 3.05) is 63.9 Å². The number of rotatable bonds is 7. The van der Waals surface area contributed by atoms with Crippen molar-refractivity contribution in [3.05, 3.63) is 35.9 Å². The normalized spacial score (nSPS) is 21.6. The number of nitrogens with one attached hydrogen (secondary N) is 2. The summed E-state index contributed by atoms with van der Waals surface area (Å²) in [6.45, 7) is 10.3. The third-order valence-electron chi connectivity index (χ3n) is 8.05. The second-order valence-electron chi connectivity index (χ2n) is 10.6. The molecule has 7 rings (SSSR count). The minimum absolute atomic E-state index is 0.0598. The standard InChI is InChI=1S/C27H34N10O2/c1-2-23-29-20-5-3-4-6-21(20)37(23)27-32-25-24(26(33-27)35-9-11-39-12-10-35)30-22(31-25)16-34-14-19(15-34)36-8-7-28-18(13-36)17-38/h3-6,17-19,28H,2,7-16H2,1H3,(H,30,31,32,33). The molecule has 0 amide bonds. The largest absolute Gasteiger partial charge is 0.378 e. The number of likely N-dealkylation sites (tertiary alicyclic amines) is 1. The molecule has 3 aromatic heterocycles. The Labute approximate surface area is 226 Å². The van der Waals surface area contributed by atoms with Crippen molar-refractivity contribution in [3.8, 4) is 5.95 Å².